The predicted octanol–water partition coefficient (Wildman–Crippen LogP) is 3.78. The minimum Gasteiger partial charge on any atom is -0.273 e. The number of alkyl halides is 1. The molecule has 2 rings (SSSR count). The molecular weight excluding hydrogens is 244 g/mol. The summed E-state index contributed by atoms with van der Waals surface area (Å²) in [6.07, 6.45) is 5.01. The molecule has 0 aliphatic carbocycles. The van der Waals surface area contributed by atoms with Gasteiger partial charge in [0.25, 0.3) is 0 Å². The van der Waals surface area contributed by atoms with Crippen LogP contribution in [0, 0.1) is 6.92 Å². The highest BCUT2D eigenvalue weighted by Gasteiger charge is 2.14. The van der Waals surface area contributed by atoms with Crippen LogP contribution >= 0.6 is 11.6 Å². The zero-order valence-corrected chi connectivity index (χ0v) is 11.7. The fourth-order valence-corrected chi connectivity index (χ4v) is 2.54. The van der Waals surface area contributed by atoms with Gasteiger partial charge in [-0.1, -0.05) is 24.3 Å². The Bertz CT molecular complexity index is 505. The molecular formula is C15H19ClN2. The minimum absolute atomic E-state index is 0.363. The number of hydrogen-bond donors (Lipinski definition) is 0. The molecule has 0 bridgehead atoms. The minimum atomic E-state index is 0.363. The van der Waals surface area contributed by atoms with Crippen LogP contribution in [0.4, 0.5) is 0 Å². The van der Waals surface area contributed by atoms with Crippen LogP contribution in [0.25, 0.3) is 0 Å². The second-order valence-corrected chi connectivity index (χ2v) is 4.92. The molecule has 96 valence electrons. The van der Waals surface area contributed by atoms with Gasteiger partial charge >= 0.3 is 0 Å². The fourth-order valence-electron chi connectivity index (χ4n) is 2.26. The first-order chi connectivity index (χ1) is 8.74. The molecule has 0 saturated heterocycles. The molecule has 1 unspecified atom stereocenters. The van der Waals surface area contributed by atoms with Crippen molar-refractivity contribution in [3.05, 3.63) is 53.3 Å². The number of nitrogens with zero attached hydrogens (tertiary/aromatic N) is 2. The standard InChI is InChI=1S/C15H19ClN2/c1-3-18-11-13(10-17-18)8-14(9-16)15-7-5-4-6-12(15)2/h4-7,10-11,14H,3,8-9H2,1-2H3. The number of rotatable bonds is 5. The summed E-state index contributed by atoms with van der Waals surface area (Å²) in [6, 6.07) is 8.47. The predicted molar refractivity (Wildman–Crippen MR) is 76.2 cm³/mol. The van der Waals surface area contributed by atoms with Gasteiger partial charge in [0, 0.05) is 24.5 Å². The maximum Gasteiger partial charge on any atom is 0.0521 e. The molecule has 18 heavy (non-hydrogen) atoms. The Hall–Kier alpha value is -1.28. The van der Waals surface area contributed by atoms with E-state index < -0.39 is 0 Å². The van der Waals surface area contributed by atoms with E-state index in [0.29, 0.717) is 11.8 Å². The van der Waals surface area contributed by atoms with Crippen molar-refractivity contribution in [3.63, 3.8) is 0 Å². The molecule has 2 nitrogen and oxygen atoms in total. The average Bonchev–Trinajstić information content (AvgIpc) is 2.85. The third-order valence-electron chi connectivity index (χ3n) is 3.31. The van der Waals surface area contributed by atoms with Crippen molar-refractivity contribution >= 4 is 11.6 Å². The summed E-state index contributed by atoms with van der Waals surface area (Å²) in [5.41, 5.74) is 3.91. The van der Waals surface area contributed by atoms with Crippen molar-refractivity contribution in [2.24, 2.45) is 0 Å². The first-order valence-corrected chi connectivity index (χ1v) is 6.90. The van der Waals surface area contributed by atoms with Crippen LogP contribution in [0.1, 0.15) is 29.5 Å². The van der Waals surface area contributed by atoms with Gasteiger partial charge in [0.15, 0.2) is 0 Å². The van der Waals surface area contributed by atoms with E-state index >= 15 is 0 Å². The van der Waals surface area contributed by atoms with E-state index in [1.54, 1.807) is 0 Å². The Labute approximate surface area is 114 Å². The lowest BCUT2D eigenvalue weighted by molar-refractivity contribution is 0.658. The Morgan fingerprint density at radius 1 is 1.33 bits per heavy atom. The van der Waals surface area contributed by atoms with Crippen LogP contribution in [0.2, 0.25) is 0 Å². The van der Waals surface area contributed by atoms with E-state index in [0.717, 1.165) is 13.0 Å². The van der Waals surface area contributed by atoms with E-state index in [-0.39, 0.29) is 0 Å². The molecule has 1 heterocycles. The van der Waals surface area contributed by atoms with Gasteiger partial charge < -0.3 is 0 Å². The maximum atomic E-state index is 6.14. The molecule has 1 aromatic carbocycles. The summed E-state index contributed by atoms with van der Waals surface area (Å²) in [6.45, 7) is 5.15. The third kappa shape index (κ3) is 2.94. The second-order valence-electron chi connectivity index (χ2n) is 4.62. The molecule has 1 atom stereocenters. The van der Waals surface area contributed by atoms with E-state index in [4.69, 9.17) is 11.6 Å². The number of aromatic nitrogens is 2. The van der Waals surface area contributed by atoms with Crippen LogP contribution in [0.3, 0.4) is 0 Å². The van der Waals surface area contributed by atoms with Gasteiger partial charge in [0.1, 0.15) is 0 Å². The van der Waals surface area contributed by atoms with Crippen LogP contribution in [-0.4, -0.2) is 15.7 Å². The molecule has 0 aliphatic heterocycles. The summed E-state index contributed by atoms with van der Waals surface area (Å²) in [4.78, 5) is 0. The Morgan fingerprint density at radius 2 is 2.11 bits per heavy atom. The number of aryl methyl sites for hydroxylation is 2. The molecule has 0 aliphatic rings. The van der Waals surface area contributed by atoms with Crippen LogP contribution in [0.5, 0.6) is 0 Å². The monoisotopic (exact) mass is 262 g/mol. The summed E-state index contributed by atoms with van der Waals surface area (Å²) < 4.78 is 1.96. The number of hydrogen-bond acceptors (Lipinski definition) is 1. The van der Waals surface area contributed by atoms with Gasteiger partial charge in [-0.15, -0.1) is 11.6 Å². The van der Waals surface area contributed by atoms with Gasteiger partial charge in [0.2, 0.25) is 0 Å². The molecule has 0 radical (unpaired) electrons. The number of benzene rings is 1. The largest absolute Gasteiger partial charge is 0.273 e. The summed E-state index contributed by atoms with van der Waals surface area (Å²) in [5.74, 6) is 1.00. The normalized spacial score (nSPS) is 12.6. The third-order valence-corrected chi connectivity index (χ3v) is 3.68. The smallest absolute Gasteiger partial charge is 0.0521 e. The lowest BCUT2D eigenvalue weighted by Crippen LogP contribution is -2.06. The first-order valence-electron chi connectivity index (χ1n) is 6.37. The molecule has 1 aromatic heterocycles. The molecule has 0 fully saturated rings. The summed E-state index contributed by atoms with van der Waals surface area (Å²) in [5, 5.41) is 4.31. The topological polar surface area (TPSA) is 17.8 Å². The molecule has 0 amide bonds. The Balaban J connectivity index is 2.17. The Kier molecular flexibility index (Phi) is 4.43. The summed E-state index contributed by atoms with van der Waals surface area (Å²) in [7, 11) is 0. The van der Waals surface area contributed by atoms with Gasteiger partial charge in [-0.05, 0) is 37.0 Å². The highest BCUT2D eigenvalue weighted by Crippen LogP contribution is 2.25. The van der Waals surface area contributed by atoms with Gasteiger partial charge in [-0.2, -0.15) is 5.10 Å². The highest BCUT2D eigenvalue weighted by atomic mass is 35.5. The van der Waals surface area contributed by atoms with Gasteiger partial charge in [-0.3, -0.25) is 4.68 Å². The summed E-state index contributed by atoms with van der Waals surface area (Å²) >= 11 is 6.14. The average molecular weight is 263 g/mol. The first kappa shape index (κ1) is 13.2. The fraction of sp³-hybridized carbons (Fsp3) is 0.400. The van der Waals surface area contributed by atoms with Crippen molar-refractivity contribution in [2.45, 2.75) is 32.7 Å². The lowest BCUT2D eigenvalue weighted by Gasteiger charge is -2.15. The zero-order valence-electron chi connectivity index (χ0n) is 10.9. The van der Waals surface area contributed by atoms with Crippen molar-refractivity contribution in [1.82, 2.24) is 9.78 Å². The SMILES string of the molecule is CCn1cc(CC(CCl)c2ccccc2C)cn1. The van der Waals surface area contributed by atoms with Crippen molar-refractivity contribution in [1.29, 1.82) is 0 Å². The number of halogens is 1. The van der Waals surface area contributed by atoms with Crippen molar-refractivity contribution in [3.8, 4) is 0 Å². The quantitative estimate of drug-likeness (QED) is 0.750. The maximum absolute atomic E-state index is 6.14. The lowest BCUT2D eigenvalue weighted by atomic mass is 9.92. The van der Waals surface area contributed by atoms with Crippen molar-refractivity contribution in [2.75, 3.05) is 5.88 Å². The molecule has 0 saturated carbocycles. The van der Waals surface area contributed by atoms with E-state index in [9.17, 15) is 0 Å². The van der Waals surface area contributed by atoms with E-state index in [1.165, 1.54) is 16.7 Å². The van der Waals surface area contributed by atoms with Gasteiger partial charge in [0.05, 0.1) is 6.20 Å². The van der Waals surface area contributed by atoms with E-state index in [1.807, 2.05) is 10.9 Å². The molecule has 3 heteroatoms. The highest BCUT2D eigenvalue weighted by molar-refractivity contribution is 6.18. The molecule has 2 aromatic rings. The van der Waals surface area contributed by atoms with Crippen LogP contribution < -0.4 is 0 Å². The van der Waals surface area contributed by atoms with Crippen molar-refractivity contribution < 1.29 is 0 Å². The molecule has 0 N–H and O–H groups in total. The van der Waals surface area contributed by atoms with E-state index in [2.05, 4.69) is 49.4 Å². The van der Waals surface area contributed by atoms with Gasteiger partial charge in [-0.25, -0.2) is 0 Å². The zero-order chi connectivity index (χ0) is 13.0. The molecule has 0 spiro atoms. The second kappa shape index (κ2) is 6.05. The Morgan fingerprint density at radius 3 is 2.72 bits per heavy atom. The van der Waals surface area contributed by atoms with Crippen LogP contribution in [0.15, 0.2) is 36.7 Å². The van der Waals surface area contributed by atoms with Crippen LogP contribution in [-0.2, 0) is 13.0 Å².